The molecular formula is C15H24O3. The van der Waals surface area contributed by atoms with E-state index in [0.29, 0.717) is 13.2 Å². The zero-order valence-electron chi connectivity index (χ0n) is 11.7. The summed E-state index contributed by atoms with van der Waals surface area (Å²) in [7, 11) is 0. The van der Waals surface area contributed by atoms with Crippen LogP contribution in [0.4, 0.5) is 0 Å². The van der Waals surface area contributed by atoms with Crippen molar-refractivity contribution in [3.05, 3.63) is 29.8 Å². The van der Waals surface area contributed by atoms with Crippen LogP contribution in [0.2, 0.25) is 0 Å². The molecule has 3 heteroatoms. The lowest BCUT2D eigenvalue weighted by Crippen LogP contribution is -2.27. The Morgan fingerprint density at radius 1 is 1.17 bits per heavy atom. The van der Waals surface area contributed by atoms with Crippen LogP contribution in [0.5, 0.6) is 5.75 Å². The first-order valence-electron chi connectivity index (χ1n) is 6.62. The molecule has 0 spiro atoms. The van der Waals surface area contributed by atoms with Crippen molar-refractivity contribution in [2.75, 3.05) is 13.2 Å². The number of ether oxygens (including phenoxy) is 2. The highest BCUT2D eigenvalue weighted by Crippen LogP contribution is 2.27. The van der Waals surface area contributed by atoms with E-state index in [1.54, 1.807) is 0 Å². The van der Waals surface area contributed by atoms with Crippen molar-refractivity contribution in [3.8, 4) is 5.75 Å². The maximum absolute atomic E-state index is 10.4. The largest absolute Gasteiger partial charge is 0.494 e. The lowest BCUT2D eigenvalue weighted by atomic mass is 9.96. The van der Waals surface area contributed by atoms with Crippen LogP contribution in [0.1, 0.15) is 39.4 Å². The van der Waals surface area contributed by atoms with Gasteiger partial charge in [0.15, 0.2) is 0 Å². The molecule has 0 aliphatic heterocycles. The summed E-state index contributed by atoms with van der Waals surface area (Å²) in [6, 6.07) is 7.57. The normalized spacial score (nSPS) is 14.6. The molecule has 0 bridgehead atoms. The summed E-state index contributed by atoms with van der Waals surface area (Å²) in [5.74, 6) is 1.05. The fraction of sp³-hybridized carbons (Fsp3) is 0.600. The lowest BCUT2D eigenvalue weighted by molar-refractivity contribution is -0.0586. The first-order chi connectivity index (χ1) is 8.60. The minimum atomic E-state index is -0.620. The summed E-state index contributed by atoms with van der Waals surface area (Å²) in [5.41, 5.74) is 0.841. The van der Waals surface area contributed by atoms with Crippen molar-refractivity contribution in [1.82, 2.24) is 0 Å². The molecule has 0 fully saturated rings. The van der Waals surface area contributed by atoms with Gasteiger partial charge in [-0.25, -0.2) is 0 Å². The van der Waals surface area contributed by atoms with Crippen molar-refractivity contribution in [2.45, 2.75) is 39.9 Å². The van der Waals surface area contributed by atoms with E-state index < -0.39 is 6.10 Å². The van der Waals surface area contributed by atoms with Gasteiger partial charge in [0.25, 0.3) is 0 Å². The average Bonchev–Trinajstić information content (AvgIpc) is 2.35. The Balaban J connectivity index is 2.86. The van der Waals surface area contributed by atoms with Crippen LogP contribution in [0.15, 0.2) is 24.3 Å². The second kappa shape index (κ2) is 7.39. The molecule has 0 heterocycles. The SMILES string of the molecule is CCOc1cccc(C(O)C(OCC)C(C)C)c1. The molecule has 0 aliphatic carbocycles. The van der Waals surface area contributed by atoms with Crippen molar-refractivity contribution in [2.24, 2.45) is 5.92 Å². The third-order valence-corrected chi connectivity index (χ3v) is 2.84. The molecule has 0 aliphatic rings. The molecule has 102 valence electrons. The van der Waals surface area contributed by atoms with Crippen LogP contribution in [0.25, 0.3) is 0 Å². The summed E-state index contributed by atoms with van der Waals surface area (Å²) in [6.07, 6.45) is -0.808. The maximum Gasteiger partial charge on any atom is 0.119 e. The highest BCUT2D eigenvalue weighted by atomic mass is 16.5. The Hall–Kier alpha value is -1.06. The molecule has 2 atom stereocenters. The molecule has 1 aromatic carbocycles. The van der Waals surface area contributed by atoms with E-state index >= 15 is 0 Å². The van der Waals surface area contributed by atoms with Gasteiger partial charge in [0.1, 0.15) is 11.9 Å². The van der Waals surface area contributed by atoms with Gasteiger partial charge in [0.2, 0.25) is 0 Å². The van der Waals surface area contributed by atoms with Crippen molar-refractivity contribution < 1.29 is 14.6 Å². The maximum atomic E-state index is 10.4. The Kier molecular flexibility index (Phi) is 6.16. The predicted octanol–water partition coefficient (Wildman–Crippen LogP) is 3.18. The third kappa shape index (κ3) is 4.00. The van der Waals surface area contributed by atoms with E-state index in [0.717, 1.165) is 11.3 Å². The fourth-order valence-electron chi connectivity index (χ4n) is 1.99. The molecule has 0 saturated carbocycles. The summed E-state index contributed by atoms with van der Waals surface area (Å²) in [5, 5.41) is 10.4. The summed E-state index contributed by atoms with van der Waals surface area (Å²) in [6.45, 7) is 9.22. The standard InChI is InChI=1S/C15H24O3/c1-5-17-13-9-7-8-12(10-13)14(16)15(11(3)4)18-6-2/h7-11,14-16H,5-6H2,1-4H3. The van der Waals surface area contributed by atoms with E-state index in [2.05, 4.69) is 13.8 Å². The number of aliphatic hydroxyl groups excluding tert-OH is 1. The van der Waals surface area contributed by atoms with Gasteiger partial charge in [-0.05, 0) is 37.5 Å². The molecule has 1 aromatic rings. The van der Waals surface area contributed by atoms with Gasteiger partial charge < -0.3 is 14.6 Å². The van der Waals surface area contributed by atoms with Crippen LogP contribution in [0, 0.1) is 5.92 Å². The number of rotatable bonds is 7. The van der Waals surface area contributed by atoms with E-state index in [-0.39, 0.29) is 12.0 Å². The average molecular weight is 252 g/mol. The van der Waals surface area contributed by atoms with Crippen LogP contribution in [-0.4, -0.2) is 24.4 Å². The number of hydrogen-bond acceptors (Lipinski definition) is 3. The predicted molar refractivity (Wildman–Crippen MR) is 72.8 cm³/mol. The van der Waals surface area contributed by atoms with Crippen LogP contribution >= 0.6 is 0 Å². The monoisotopic (exact) mass is 252 g/mol. The molecule has 18 heavy (non-hydrogen) atoms. The van der Waals surface area contributed by atoms with Gasteiger partial charge >= 0.3 is 0 Å². The zero-order chi connectivity index (χ0) is 13.5. The first kappa shape index (κ1) is 15.0. The van der Waals surface area contributed by atoms with Gasteiger partial charge in [0, 0.05) is 6.61 Å². The second-order valence-electron chi connectivity index (χ2n) is 4.61. The Morgan fingerprint density at radius 3 is 2.44 bits per heavy atom. The summed E-state index contributed by atoms with van der Waals surface area (Å²) in [4.78, 5) is 0. The Labute approximate surface area is 110 Å². The van der Waals surface area contributed by atoms with Crippen LogP contribution in [0.3, 0.4) is 0 Å². The smallest absolute Gasteiger partial charge is 0.119 e. The molecule has 0 amide bonds. The molecule has 0 aromatic heterocycles. The van der Waals surface area contributed by atoms with E-state index in [4.69, 9.17) is 9.47 Å². The minimum Gasteiger partial charge on any atom is -0.494 e. The van der Waals surface area contributed by atoms with Gasteiger partial charge in [-0.1, -0.05) is 26.0 Å². The molecular weight excluding hydrogens is 228 g/mol. The highest BCUT2D eigenvalue weighted by Gasteiger charge is 2.24. The minimum absolute atomic E-state index is 0.188. The van der Waals surface area contributed by atoms with E-state index in [9.17, 15) is 5.11 Å². The quantitative estimate of drug-likeness (QED) is 0.810. The van der Waals surface area contributed by atoms with Crippen molar-refractivity contribution in [1.29, 1.82) is 0 Å². The molecule has 0 saturated heterocycles. The van der Waals surface area contributed by atoms with Crippen LogP contribution < -0.4 is 4.74 Å². The summed E-state index contributed by atoms with van der Waals surface area (Å²) < 4.78 is 11.1. The lowest BCUT2D eigenvalue weighted by Gasteiger charge is -2.26. The van der Waals surface area contributed by atoms with Crippen LogP contribution in [-0.2, 0) is 4.74 Å². The second-order valence-corrected chi connectivity index (χ2v) is 4.61. The van der Waals surface area contributed by atoms with Gasteiger partial charge in [-0.3, -0.25) is 0 Å². The Bertz CT molecular complexity index is 349. The van der Waals surface area contributed by atoms with E-state index in [1.807, 2.05) is 38.1 Å². The number of benzene rings is 1. The third-order valence-electron chi connectivity index (χ3n) is 2.84. The fourth-order valence-corrected chi connectivity index (χ4v) is 1.99. The zero-order valence-corrected chi connectivity index (χ0v) is 11.7. The van der Waals surface area contributed by atoms with Crippen molar-refractivity contribution >= 4 is 0 Å². The van der Waals surface area contributed by atoms with Gasteiger partial charge in [-0.15, -0.1) is 0 Å². The van der Waals surface area contributed by atoms with Crippen molar-refractivity contribution in [3.63, 3.8) is 0 Å². The topological polar surface area (TPSA) is 38.7 Å². The molecule has 3 nitrogen and oxygen atoms in total. The highest BCUT2D eigenvalue weighted by molar-refractivity contribution is 5.30. The first-order valence-corrected chi connectivity index (χ1v) is 6.62. The molecule has 0 radical (unpaired) electrons. The van der Waals surface area contributed by atoms with Gasteiger partial charge in [-0.2, -0.15) is 0 Å². The van der Waals surface area contributed by atoms with Gasteiger partial charge in [0.05, 0.1) is 12.7 Å². The number of aliphatic hydroxyl groups is 1. The molecule has 1 N–H and O–H groups in total. The molecule has 2 unspecified atom stereocenters. The Morgan fingerprint density at radius 2 is 1.89 bits per heavy atom. The molecule has 1 rings (SSSR count). The summed E-state index contributed by atoms with van der Waals surface area (Å²) >= 11 is 0. The number of hydrogen-bond donors (Lipinski definition) is 1. The van der Waals surface area contributed by atoms with E-state index in [1.165, 1.54) is 0 Å².